The van der Waals surface area contributed by atoms with E-state index in [1.807, 2.05) is 48.5 Å². The number of anilines is 1. The average molecular weight is 321 g/mol. The number of carbonyl (C=O) groups is 1. The summed E-state index contributed by atoms with van der Waals surface area (Å²) in [5, 5.41) is 2.91. The molecule has 0 aliphatic carbocycles. The van der Waals surface area contributed by atoms with E-state index < -0.39 is 0 Å². The third-order valence-electron chi connectivity index (χ3n) is 3.72. The first-order valence-electron chi connectivity index (χ1n) is 7.77. The van der Waals surface area contributed by atoms with Crippen LogP contribution in [0.2, 0.25) is 0 Å². The lowest BCUT2D eigenvalue weighted by atomic mass is 10.1. The van der Waals surface area contributed by atoms with Crippen molar-refractivity contribution in [3.05, 3.63) is 66.5 Å². The summed E-state index contributed by atoms with van der Waals surface area (Å²) in [4.78, 5) is 19.3. The average Bonchev–Trinajstić information content (AvgIpc) is 3.15. The van der Waals surface area contributed by atoms with Gasteiger partial charge in [-0.15, -0.1) is 0 Å². The van der Waals surface area contributed by atoms with Crippen molar-refractivity contribution in [3.8, 4) is 17.1 Å². The summed E-state index contributed by atoms with van der Waals surface area (Å²) in [6.07, 6.45) is 4.59. The minimum Gasteiger partial charge on any atom is -0.497 e. The third kappa shape index (κ3) is 4.01. The van der Waals surface area contributed by atoms with Crippen molar-refractivity contribution in [2.24, 2.45) is 0 Å². The number of carbonyl (C=O) groups excluding carboxylic acids is 1. The number of amides is 1. The molecule has 0 atom stereocenters. The number of methoxy groups -OCH3 is 1. The fourth-order valence-electron chi connectivity index (χ4n) is 2.44. The van der Waals surface area contributed by atoms with Gasteiger partial charge in [-0.3, -0.25) is 4.79 Å². The molecule has 0 radical (unpaired) electrons. The molecule has 1 aromatic heterocycles. The smallest absolute Gasteiger partial charge is 0.224 e. The van der Waals surface area contributed by atoms with Crippen LogP contribution in [0.15, 0.2) is 60.9 Å². The van der Waals surface area contributed by atoms with Crippen molar-refractivity contribution in [2.45, 2.75) is 12.8 Å². The molecule has 2 N–H and O–H groups in total. The molecule has 2 aromatic carbocycles. The number of H-pyrrole nitrogens is 1. The highest BCUT2D eigenvalue weighted by atomic mass is 16.5. The molecule has 0 fully saturated rings. The fraction of sp³-hybridized carbons (Fsp3) is 0.158. The molecule has 5 heteroatoms. The number of aromatic amines is 1. The summed E-state index contributed by atoms with van der Waals surface area (Å²) >= 11 is 0. The summed E-state index contributed by atoms with van der Waals surface area (Å²) in [5.41, 5.74) is 2.84. The summed E-state index contributed by atoms with van der Waals surface area (Å²) in [6, 6.07) is 15.4. The van der Waals surface area contributed by atoms with E-state index in [0.717, 1.165) is 28.4 Å². The number of hydrogen-bond donors (Lipinski definition) is 2. The largest absolute Gasteiger partial charge is 0.497 e. The number of ether oxygens (including phenoxy) is 1. The molecule has 5 nitrogen and oxygen atoms in total. The van der Waals surface area contributed by atoms with Crippen molar-refractivity contribution >= 4 is 11.6 Å². The highest BCUT2D eigenvalue weighted by molar-refractivity contribution is 5.91. The Hall–Kier alpha value is -3.08. The summed E-state index contributed by atoms with van der Waals surface area (Å²) in [6.45, 7) is 0. The van der Waals surface area contributed by atoms with E-state index in [-0.39, 0.29) is 5.91 Å². The van der Waals surface area contributed by atoms with Crippen LogP contribution < -0.4 is 10.1 Å². The van der Waals surface area contributed by atoms with Gasteiger partial charge in [0.15, 0.2) is 0 Å². The maximum atomic E-state index is 12.1. The molecule has 0 aliphatic rings. The van der Waals surface area contributed by atoms with Crippen LogP contribution in [0.5, 0.6) is 5.75 Å². The lowest BCUT2D eigenvalue weighted by Crippen LogP contribution is -2.12. The van der Waals surface area contributed by atoms with E-state index in [9.17, 15) is 4.79 Å². The van der Waals surface area contributed by atoms with Crippen LogP contribution in [0.25, 0.3) is 11.4 Å². The lowest BCUT2D eigenvalue weighted by molar-refractivity contribution is -0.116. The molecule has 24 heavy (non-hydrogen) atoms. The van der Waals surface area contributed by atoms with E-state index in [1.54, 1.807) is 19.5 Å². The number of nitrogens with one attached hydrogen (secondary N) is 2. The predicted octanol–water partition coefficient (Wildman–Crippen LogP) is 3.66. The second kappa shape index (κ2) is 7.46. The first kappa shape index (κ1) is 15.8. The van der Waals surface area contributed by atoms with Crippen molar-refractivity contribution < 1.29 is 9.53 Å². The molecule has 3 aromatic rings. The Morgan fingerprint density at radius 3 is 2.75 bits per heavy atom. The molecule has 0 bridgehead atoms. The van der Waals surface area contributed by atoms with Gasteiger partial charge in [0.2, 0.25) is 5.91 Å². The Morgan fingerprint density at radius 2 is 2.04 bits per heavy atom. The molecule has 1 heterocycles. The normalized spacial score (nSPS) is 10.4. The molecule has 0 saturated heterocycles. The standard InChI is InChI=1S/C19H19N3O2/c1-24-17-4-2-3-14(13-17)5-10-18(23)22-16-8-6-15(7-9-16)19-20-11-12-21-19/h2-4,6-9,11-13H,5,10H2,1H3,(H,20,21)(H,22,23). The Balaban J connectivity index is 1.54. The number of nitrogens with zero attached hydrogens (tertiary/aromatic N) is 1. The molecule has 3 rings (SSSR count). The SMILES string of the molecule is COc1cccc(CCC(=O)Nc2ccc(-c3ncc[nH]3)cc2)c1. The number of aromatic nitrogens is 2. The van der Waals surface area contributed by atoms with Crippen LogP contribution >= 0.6 is 0 Å². The van der Waals surface area contributed by atoms with Gasteiger partial charge >= 0.3 is 0 Å². The second-order valence-corrected chi connectivity index (χ2v) is 5.41. The zero-order valence-corrected chi connectivity index (χ0v) is 13.5. The lowest BCUT2D eigenvalue weighted by Gasteiger charge is -2.07. The third-order valence-corrected chi connectivity index (χ3v) is 3.72. The van der Waals surface area contributed by atoms with Gasteiger partial charge in [0.25, 0.3) is 0 Å². The number of benzene rings is 2. The van der Waals surface area contributed by atoms with Gasteiger partial charge < -0.3 is 15.0 Å². The fourth-order valence-corrected chi connectivity index (χ4v) is 2.44. The highest BCUT2D eigenvalue weighted by Gasteiger charge is 2.05. The number of rotatable bonds is 6. The van der Waals surface area contributed by atoms with E-state index in [0.29, 0.717) is 12.8 Å². The molecule has 122 valence electrons. The van der Waals surface area contributed by atoms with Crippen molar-refractivity contribution in [1.82, 2.24) is 9.97 Å². The van der Waals surface area contributed by atoms with Crippen LogP contribution in [-0.2, 0) is 11.2 Å². The van der Waals surface area contributed by atoms with Gasteiger partial charge in [0.05, 0.1) is 7.11 Å². The monoisotopic (exact) mass is 321 g/mol. The molecule has 0 aliphatic heterocycles. The van der Waals surface area contributed by atoms with Crippen LogP contribution in [-0.4, -0.2) is 23.0 Å². The number of aryl methyl sites for hydroxylation is 1. The Bertz CT molecular complexity index is 796. The quantitative estimate of drug-likeness (QED) is 0.728. The molecular formula is C19H19N3O2. The maximum Gasteiger partial charge on any atom is 0.224 e. The second-order valence-electron chi connectivity index (χ2n) is 5.41. The van der Waals surface area contributed by atoms with E-state index in [4.69, 9.17) is 4.74 Å². The van der Waals surface area contributed by atoms with Gasteiger partial charge in [-0.2, -0.15) is 0 Å². The van der Waals surface area contributed by atoms with E-state index in [2.05, 4.69) is 15.3 Å². The van der Waals surface area contributed by atoms with Gasteiger partial charge in [-0.25, -0.2) is 4.98 Å². The Labute approximate surface area is 140 Å². The first-order chi connectivity index (χ1) is 11.7. The van der Waals surface area contributed by atoms with Crippen LogP contribution in [0.4, 0.5) is 5.69 Å². The Kier molecular flexibility index (Phi) is 4.91. The predicted molar refractivity (Wildman–Crippen MR) is 94.0 cm³/mol. The number of imidazole rings is 1. The van der Waals surface area contributed by atoms with Gasteiger partial charge in [0, 0.05) is 30.1 Å². The minimum atomic E-state index is -0.0106. The molecule has 0 unspecified atom stereocenters. The van der Waals surface area contributed by atoms with Crippen molar-refractivity contribution in [2.75, 3.05) is 12.4 Å². The van der Waals surface area contributed by atoms with Crippen molar-refractivity contribution in [1.29, 1.82) is 0 Å². The Morgan fingerprint density at radius 1 is 1.21 bits per heavy atom. The highest BCUT2D eigenvalue weighted by Crippen LogP contribution is 2.18. The van der Waals surface area contributed by atoms with E-state index >= 15 is 0 Å². The summed E-state index contributed by atoms with van der Waals surface area (Å²) in [7, 11) is 1.64. The molecular weight excluding hydrogens is 302 g/mol. The first-order valence-corrected chi connectivity index (χ1v) is 7.77. The summed E-state index contributed by atoms with van der Waals surface area (Å²) in [5.74, 6) is 1.61. The maximum absolute atomic E-state index is 12.1. The van der Waals surface area contributed by atoms with Crippen LogP contribution in [0.1, 0.15) is 12.0 Å². The molecule has 0 spiro atoms. The zero-order chi connectivity index (χ0) is 16.8. The van der Waals surface area contributed by atoms with E-state index in [1.165, 1.54) is 0 Å². The van der Waals surface area contributed by atoms with Crippen LogP contribution in [0.3, 0.4) is 0 Å². The van der Waals surface area contributed by atoms with Gasteiger partial charge in [-0.1, -0.05) is 12.1 Å². The topological polar surface area (TPSA) is 67.0 Å². The number of hydrogen-bond acceptors (Lipinski definition) is 3. The zero-order valence-electron chi connectivity index (χ0n) is 13.5. The van der Waals surface area contributed by atoms with Crippen LogP contribution in [0, 0.1) is 0 Å². The van der Waals surface area contributed by atoms with Gasteiger partial charge in [0.1, 0.15) is 11.6 Å². The van der Waals surface area contributed by atoms with Gasteiger partial charge in [-0.05, 0) is 48.4 Å². The minimum absolute atomic E-state index is 0.0106. The summed E-state index contributed by atoms with van der Waals surface area (Å²) < 4.78 is 5.19. The molecule has 1 amide bonds. The van der Waals surface area contributed by atoms with Crippen molar-refractivity contribution in [3.63, 3.8) is 0 Å². The molecule has 0 saturated carbocycles.